The number of nitrogens with one attached hydrogen (secondary N) is 1. The highest BCUT2D eigenvalue weighted by Gasteiger charge is 2.40. The summed E-state index contributed by atoms with van der Waals surface area (Å²) in [5, 5.41) is 4.83. The molecule has 0 spiro atoms. The van der Waals surface area contributed by atoms with E-state index in [0.29, 0.717) is 6.54 Å². The molecule has 0 saturated carbocycles. The van der Waals surface area contributed by atoms with Gasteiger partial charge in [0.1, 0.15) is 0 Å². The third-order valence-electron chi connectivity index (χ3n) is 7.04. The van der Waals surface area contributed by atoms with E-state index in [0.717, 1.165) is 55.9 Å². The van der Waals surface area contributed by atoms with Gasteiger partial charge in [0.25, 0.3) is 0 Å². The van der Waals surface area contributed by atoms with E-state index >= 15 is 0 Å². The number of nitrogens with zero attached hydrogens (tertiary/aromatic N) is 3. The monoisotopic (exact) mass is 502 g/mol. The Morgan fingerprint density at radius 1 is 0.912 bits per heavy atom. The van der Waals surface area contributed by atoms with Crippen LogP contribution >= 0.6 is 23.2 Å². The zero-order chi connectivity index (χ0) is 24.3. The van der Waals surface area contributed by atoms with E-state index in [1.165, 1.54) is 11.1 Å². The molecule has 184 valence electrons. The average Bonchev–Trinajstić information content (AvgIpc) is 2.82. The average molecular weight is 504 g/mol. The number of carbonyl (C=O) groups excluding carboxylic acids is 1. The first kappa shape index (κ1) is 25.5. The van der Waals surface area contributed by atoms with Gasteiger partial charge in [-0.2, -0.15) is 0 Å². The second kappa shape index (κ2) is 11.0. The summed E-state index contributed by atoms with van der Waals surface area (Å²) in [6.07, 6.45) is 0. The second-order valence-electron chi connectivity index (χ2n) is 10.5. The van der Waals surface area contributed by atoms with Crippen LogP contribution in [0.3, 0.4) is 0 Å². The highest BCUT2D eigenvalue weighted by atomic mass is 35.5. The summed E-state index contributed by atoms with van der Waals surface area (Å²) in [7, 11) is 0. The lowest BCUT2D eigenvalue weighted by molar-refractivity contribution is -0.141. The summed E-state index contributed by atoms with van der Waals surface area (Å²) in [5.41, 5.74) is 2.35. The van der Waals surface area contributed by atoms with Crippen molar-refractivity contribution in [2.75, 3.05) is 52.4 Å². The molecule has 2 aromatic carbocycles. The van der Waals surface area contributed by atoms with Gasteiger partial charge in [-0.05, 0) is 40.8 Å². The van der Waals surface area contributed by atoms with Crippen LogP contribution in [0.15, 0.2) is 48.5 Å². The first-order valence-electron chi connectivity index (χ1n) is 12.2. The molecule has 0 unspecified atom stereocenters. The Morgan fingerprint density at radius 2 is 1.44 bits per heavy atom. The number of hydrogen-bond donors (Lipinski definition) is 1. The van der Waals surface area contributed by atoms with Crippen LogP contribution in [0.4, 0.5) is 0 Å². The quantitative estimate of drug-likeness (QED) is 0.650. The molecule has 0 radical (unpaired) electrons. The predicted molar refractivity (Wildman–Crippen MR) is 141 cm³/mol. The Labute approximate surface area is 214 Å². The van der Waals surface area contributed by atoms with Crippen LogP contribution in [0.1, 0.15) is 37.9 Å². The van der Waals surface area contributed by atoms with Crippen molar-refractivity contribution >= 4 is 29.1 Å². The van der Waals surface area contributed by atoms with Crippen LogP contribution in [0.5, 0.6) is 0 Å². The molecule has 7 heteroatoms. The van der Waals surface area contributed by atoms with Crippen LogP contribution in [-0.4, -0.2) is 79.0 Å². The summed E-state index contributed by atoms with van der Waals surface area (Å²) in [6.45, 7) is 13.4. The van der Waals surface area contributed by atoms with Gasteiger partial charge in [-0.15, -0.1) is 0 Å². The SMILES string of the molecule is CC(C)(C)[C@H]1CN(C(c2ccc(Cl)cc2)c2ccc(Cl)cc2)CCN1C(=O)CN1CCNCC1. The topological polar surface area (TPSA) is 38.8 Å². The lowest BCUT2D eigenvalue weighted by Gasteiger charge is -2.50. The van der Waals surface area contributed by atoms with Crippen molar-refractivity contribution < 1.29 is 4.79 Å². The summed E-state index contributed by atoms with van der Waals surface area (Å²) < 4.78 is 0. The molecule has 2 aromatic rings. The number of halogens is 2. The maximum atomic E-state index is 13.4. The largest absolute Gasteiger partial charge is 0.336 e. The summed E-state index contributed by atoms with van der Waals surface area (Å²) >= 11 is 12.4. The van der Waals surface area contributed by atoms with Crippen molar-refractivity contribution in [3.05, 3.63) is 69.7 Å². The maximum absolute atomic E-state index is 13.4. The van der Waals surface area contributed by atoms with E-state index in [-0.39, 0.29) is 23.4 Å². The summed E-state index contributed by atoms with van der Waals surface area (Å²) in [5.74, 6) is 0.246. The third kappa shape index (κ3) is 6.13. The number of carbonyl (C=O) groups is 1. The first-order chi connectivity index (χ1) is 16.2. The lowest BCUT2D eigenvalue weighted by atomic mass is 9.83. The molecule has 2 fully saturated rings. The summed E-state index contributed by atoms with van der Waals surface area (Å²) in [6, 6.07) is 16.4. The van der Waals surface area contributed by atoms with Gasteiger partial charge in [-0.25, -0.2) is 0 Å². The van der Waals surface area contributed by atoms with E-state index in [2.05, 4.69) is 65.1 Å². The van der Waals surface area contributed by atoms with Crippen LogP contribution in [0, 0.1) is 5.41 Å². The van der Waals surface area contributed by atoms with Crippen molar-refractivity contribution in [2.24, 2.45) is 5.41 Å². The highest BCUT2D eigenvalue weighted by Crippen LogP contribution is 2.35. The first-order valence-corrected chi connectivity index (χ1v) is 13.0. The van der Waals surface area contributed by atoms with E-state index in [1.54, 1.807) is 0 Å². The van der Waals surface area contributed by atoms with Gasteiger partial charge in [0, 0.05) is 61.9 Å². The normalized spacial score (nSPS) is 20.6. The fourth-order valence-electron chi connectivity index (χ4n) is 5.13. The third-order valence-corrected chi connectivity index (χ3v) is 7.54. The fourth-order valence-corrected chi connectivity index (χ4v) is 5.39. The molecule has 0 aliphatic carbocycles. The molecule has 1 atom stereocenters. The fraction of sp³-hybridized carbons (Fsp3) is 0.519. The molecule has 2 aliphatic heterocycles. The van der Waals surface area contributed by atoms with Crippen molar-refractivity contribution in [1.29, 1.82) is 0 Å². The number of rotatable bonds is 5. The van der Waals surface area contributed by atoms with Crippen molar-refractivity contribution in [3.63, 3.8) is 0 Å². The van der Waals surface area contributed by atoms with E-state index < -0.39 is 0 Å². The molecule has 4 rings (SSSR count). The smallest absolute Gasteiger partial charge is 0.237 e. The van der Waals surface area contributed by atoms with Gasteiger partial charge in [0.2, 0.25) is 5.91 Å². The van der Waals surface area contributed by atoms with Gasteiger partial charge in [-0.1, -0.05) is 68.2 Å². The van der Waals surface area contributed by atoms with Crippen molar-refractivity contribution in [1.82, 2.24) is 20.0 Å². The van der Waals surface area contributed by atoms with Gasteiger partial charge in [-0.3, -0.25) is 14.6 Å². The molecule has 1 amide bonds. The van der Waals surface area contributed by atoms with Gasteiger partial charge in [0.05, 0.1) is 12.6 Å². The van der Waals surface area contributed by atoms with Crippen LogP contribution in [0.25, 0.3) is 0 Å². The zero-order valence-electron chi connectivity index (χ0n) is 20.4. The highest BCUT2D eigenvalue weighted by molar-refractivity contribution is 6.30. The molecule has 0 aromatic heterocycles. The Hall–Kier alpha value is -1.63. The van der Waals surface area contributed by atoms with Gasteiger partial charge in [0.15, 0.2) is 0 Å². The standard InChI is InChI=1S/C27H36Cl2N4O/c1-27(2,3)24-18-32(16-17-33(24)25(34)19-31-14-12-30-13-15-31)26(20-4-8-22(28)9-5-20)21-6-10-23(29)11-7-21/h4-11,24,26,30H,12-19H2,1-3H3/t24-/m1/s1. The molecule has 5 nitrogen and oxygen atoms in total. The van der Waals surface area contributed by atoms with E-state index in [4.69, 9.17) is 23.2 Å². The maximum Gasteiger partial charge on any atom is 0.237 e. The number of hydrogen-bond acceptors (Lipinski definition) is 4. The molecule has 2 aliphatic rings. The number of benzene rings is 2. The van der Waals surface area contributed by atoms with E-state index in [9.17, 15) is 4.79 Å². The van der Waals surface area contributed by atoms with Crippen molar-refractivity contribution in [2.45, 2.75) is 32.9 Å². The zero-order valence-corrected chi connectivity index (χ0v) is 21.9. The summed E-state index contributed by atoms with van der Waals surface area (Å²) in [4.78, 5) is 20.4. The van der Waals surface area contributed by atoms with E-state index in [1.807, 2.05) is 24.3 Å². The molecular weight excluding hydrogens is 467 g/mol. The Balaban J connectivity index is 1.59. The van der Waals surface area contributed by atoms with Gasteiger partial charge >= 0.3 is 0 Å². The second-order valence-corrected chi connectivity index (χ2v) is 11.4. The number of amides is 1. The minimum absolute atomic E-state index is 0.0394. The minimum atomic E-state index is -0.0394. The molecule has 2 heterocycles. The minimum Gasteiger partial charge on any atom is -0.336 e. The molecule has 34 heavy (non-hydrogen) atoms. The Kier molecular flexibility index (Phi) is 8.21. The number of piperazine rings is 2. The van der Waals surface area contributed by atoms with Crippen molar-refractivity contribution in [3.8, 4) is 0 Å². The Bertz CT molecular complexity index is 907. The molecule has 0 bridgehead atoms. The lowest BCUT2D eigenvalue weighted by Crippen LogP contribution is -2.62. The van der Waals surface area contributed by atoms with Crippen LogP contribution in [-0.2, 0) is 4.79 Å². The van der Waals surface area contributed by atoms with Crippen LogP contribution in [0.2, 0.25) is 10.0 Å². The van der Waals surface area contributed by atoms with Gasteiger partial charge < -0.3 is 10.2 Å². The molecule has 2 saturated heterocycles. The molecular formula is C27H36Cl2N4O. The Morgan fingerprint density at radius 3 is 1.94 bits per heavy atom. The molecule has 1 N–H and O–H groups in total. The van der Waals surface area contributed by atoms with Crippen LogP contribution < -0.4 is 5.32 Å². The predicted octanol–water partition coefficient (Wildman–Crippen LogP) is 4.55.